The van der Waals surface area contributed by atoms with Gasteiger partial charge in [0.1, 0.15) is 17.9 Å². The summed E-state index contributed by atoms with van der Waals surface area (Å²) in [4.78, 5) is 12.0. The Morgan fingerprint density at radius 3 is 2.86 bits per heavy atom. The van der Waals surface area contributed by atoms with Crippen molar-refractivity contribution >= 4 is 23.0 Å². The molecule has 5 rings (SSSR count). The van der Waals surface area contributed by atoms with Gasteiger partial charge >= 0.3 is 5.97 Å². The topological polar surface area (TPSA) is 83.9 Å². The smallest absolute Gasteiger partial charge is 0.331 e. The van der Waals surface area contributed by atoms with Gasteiger partial charge in [0, 0.05) is 17.5 Å². The number of benzene rings is 2. The highest BCUT2D eigenvalue weighted by Gasteiger charge is 2.14. The van der Waals surface area contributed by atoms with Crippen molar-refractivity contribution < 1.29 is 27.9 Å². The van der Waals surface area contributed by atoms with E-state index in [9.17, 15) is 4.79 Å². The molecule has 0 saturated carbocycles. The third kappa shape index (κ3) is 3.58. The van der Waals surface area contributed by atoms with E-state index >= 15 is 0 Å². The van der Waals surface area contributed by atoms with Crippen molar-refractivity contribution in [3.05, 3.63) is 71.9 Å². The maximum Gasteiger partial charge on any atom is 0.331 e. The summed E-state index contributed by atoms with van der Waals surface area (Å²) < 4.78 is 26.8. The van der Waals surface area contributed by atoms with Gasteiger partial charge in [-0.25, -0.2) is 4.79 Å². The molecule has 1 aliphatic rings. The van der Waals surface area contributed by atoms with E-state index in [4.69, 9.17) is 23.2 Å². The number of carbonyl (C=O) groups is 1. The van der Waals surface area contributed by atoms with Gasteiger partial charge in [0.05, 0.1) is 0 Å². The Morgan fingerprint density at radius 2 is 1.93 bits per heavy atom. The van der Waals surface area contributed by atoms with Crippen LogP contribution in [0.25, 0.3) is 28.6 Å². The second-order valence-electron chi connectivity index (χ2n) is 6.38. The average Bonchev–Trinajstić information content (AvgIpc) is 3.48. The molecule has 0 unspecified atom stereocenters. The van der Waals surface area contributed by atoms with Gasteiger partial charge in [-0.1, -0.05) is 29.4 Å². The fourth-order valence-corrected chi connectivity index (χ4v) is 2.97. The fraction of sp³-hybridized carbons (Fsp3) is 0.0909. The molecule has 2 aromatic heterocycles. The van der Waals surface area contributed by atoms with Crippen LogP contribution in [0.1, 0.15) is 11.3 Å². The van der Waals surface area contributed by atoms with E-state index in [0.29, 0.717) is 28.7 Å². The summed E-state index contributed by atoms with van der Waals surface area (Å²) in [7, 11) is 0. The molecule has 0 amide bonds. The summed E-state index contributed by atoms with van der Waals surface area (Å²) in [5, 5.41) is 4.90. The third-order valence-electron chi connectivity index (χ3n) is 4.40. The van der Waals surface area contributed by atoms with E-state index in [1.165, 1.54) is 6.08 Å². The van der Waals surface area contributed by atoms with Gasteiger partial charge in [0.2, 0.25) is 12.6 Å². The number of esters is 1. The molecular weight excluding hydrogens is 374 g/mol. The number of para-hydroxylation sites is 1. The number of fused-ring (bicyclic) bond motifs is 2. The lowest BCUT2D eigenvalue weighted by Gasteiger charge is -1.99. The standard InChI is InChI=1S/C22H15NO6/c24-22(8-6-14-5-7-18-19(9-14)27-13-26-18)25-12-16-11-21(29-23-16)20-10-15-3-1-2-4-17(15)28-20/h1-11H,12-13H2/b8-6+. The van der Waals surface area contributed by atoms with Gasteiger partial charge in [-0.2, -0.15) is 0 Å². The second-order valence-corrected chi connectivity index (χ2v) is 6.38. The Bertz CT molecular complexity index is 1190. The summed E-state index contributed by atoms with van der Waals surface area (Å²) in [6.07, 6.45) is 2.99. The zero-order valence-corrected chi connectivity index (χ0v) is 15.2. The van der Waals surface area contributed by atoms with Crippen LogP contribution in [0.2, 0.25) is 0 Å². The Morgan fingerprint density at radius 1 is 1.03 bits per heavy atom. The fourth-order valence-electron chi connectivity index (χ4n) is 2.97. The van der Waals surface area contributed by atoms with E-state index in [1.807, 2.05) is 36.4 Å². The molecule has 7 heteroatoms. The molecule has 0 fully saturated rings. The highest BCUT2D eigenvalue weighted by molar-refractivity contribution is 5.87. The molecule has 144 valence electrons. The Balaban J connectivity index is 1.21. The number of aromatic nitrogens is 1. The van der Waals surface area contributed by atoms with Crippen LogP contribution >= 0.6 is 0 Å². The number of hydrogen-bond donors (Lipinski definition) is 0. The van der Waals surface area contributed by atoms with Crippen molar-refractivity contribution in [1.29, 1.82) is 0 Å². The predicted molar refractivity (Wildman–Crippen MR) is 103 cm³/mol. The molecule has 0 aliphatic carbocycles. The van der Waals surface area contributed by atoms with Crippen molar-refractivity contribution in [2.75, 3.05) is 6.79 Å². The number of ether oxygens (including phenoxy) is 3. The number of furan rings is 1. The SMILES string of the molecule is O=C(/C=C/c1ccc2c(c1)OCO2)OCc1cc(-c2cc3ccccc3o2)on1. The maximum atomic E-state index is 12.0. The van der Waals surface area contributed by atoms with Crippen LogP contribution in [0.5, 0.6) is 11.5 Å². The van der Waals surface area contributed by atoms with Crippen molar-refractivity contribution in [3.63, 3.8) is 0 Å². The lowest BCUT2D eigenvalue weighted by atomic mass is 10.2. The first kappa shape index (κ1) is 17.1. The lowest BCUT2D eigenvalue weighted by Crippen LogP contribution is -2.00. The first-order chi connectivity index (χ1) is 14.2. The quantitative estimate of drug-likeness (QED) is 0.365. The van der Waals surface area contributed by atoms with Gasteiger partial charge < -0.3 is 23.2 Å². The zero-order valence-electron chi connectivity index (χ0n) is 15.2. The van der Waals surface area contributed by atoms with Gasteiger partial charge in [-0.05, 0) is 35.9 Å². The first-order valence-electron chi connectivity index (χ1n) is 8.94. The monoisotopic (exact) mass is 389 g/mol. The van der Waals surface area contributed by atoms with Crippen LogP contribution in [0.15, 0.2) is 69.6 Å². The minimum Gasteiger partial charge on any atom is -0.456 e. The first-order valence-corrected chi connectivity index (χ1v) is 8.94. The van der Waals surface area contributed by atoms with Crippen LogP contribution in [0.3, 0.4) is 0 Å². The summed E-state index contributed by atoms with van der Waals surface area (Å²) in [6, 6.07) is 16.6. The van der Waals surface area contributed by atoms with E-state index in [1.54, 1.807) is 24.3 Å². The molecule has 1 aliphatic heterocycles. The number of nitrogens with zero attached hydrogens (tertiary/aromatic N) is 1. The Kier molecular flexibility index (Phi) is 4.25. The van der Waals surface area contributed by atoms with Crippen LogP contribution in [-0.2, 0) is 16.1 Å². The van der Waals surface area contributed by atoms with Crippen molar-refractivity contribution in [3.8, 4) is 23.0 Å². The molecule has 7 nitrogen and oxygen atoms in total. The zero-order chi connectivity index (χ0) is 19.6. The molecule has 0 saturated heterocycles. The average molecular weight is 389 g/mol. The molecule has 0 radical (unpaired) electrons. The van der Waals surface area contributed by atoms with Crippen molar-refractivity contribution in [1.82, 2.24) is 5.16 Å². The molecular formula is C22H15NO6. The van der Waals surface area contributed by atoms with Gasteiger partial charge in [0.15, 0.2) is 17.3 Å². The number of rotatable bonds is 5. The highest BCUT2D eigenvalue weighted by atomic mass is 16.7. The van der Waals surface area contributed by atoms with E-state index in [-0.39, 0.29) is 13.4 Å². The summed E-state index contributed by atoms with van der Waals surface area (Å²) in [6.45, 7) is 0.201. The summed E-state index contributed by atoms with van der Waals surface area (Å²) >= 11 is 0. The normalized spacial score (nSPS) is 12.7. The number of hydrogen-bond acceptors (Lipinski definition) is 7. The molecule has 2 aromatic carbocycles. The molecule has 0 spiro atoms. The van der Waals surface area contributed by atoms with Gasteiger partial charge in [-0.3, -0.25) is 0 Å². The van der Waals surface area contributed by atoms with E-state index in [2.05, 4.69) is 5.16 Å². The van der Waals surface area contributed by atoms with Crippen LogP contribution in [0.4, 0.5) is 0 Å². The van der Waals surface area contributed by atoms with Crippen LogP contribution < -0.4 is 9.47 Å². The second kappa shape index (κ2) is 7.20. The van der Waals surface area contributed by atoms with Crippen molar-refractivity contribution in [2.24, 2.45) is 0 Å². The Labute approximate surface area is 165 Å². The minimum atomic E-state index is -0.490. The molecule has 3 heterocycles. The summed E-state index contributed by atoms with van der Waals surface area (Å²) in [5.74, 6) is 1.90. The van der Waals surface area contributed by atoms with Crippen LogP contribution in [-0.4, -0.2) is 17.9 Å². The van der Waals surface area contributed by atoms with Crippen LogP contribution in [0, 0.1) is 0 Å². The number of carbonyl (C=O) groups excluding carboxylic acids is 1. The summed E-state index contributed by atoms with van der Waals surface area (Å²) in [5.41, 5.74) is 2.06. The van der Waals surface area contributed by atoms with Gasteiger partial charge in [0.25, 0.3) is 0 Å². The van der Waals surface area contributed by atoms with Crippen molar-refractivity contribution in [2.45, 2.75) is 6.61 Å². The largest absolute Gasteiger partial charge is 0.456 e. The van der Waals surface area contributed by atoms with E-state index in [0.717, 1.165) is 16.5 Å². The molecule has 0 bridgehead atoms. The minimum absolute atomic E-state index is 0.00591. The highest BCUT2D eigenvalue weighted by Crippen LogP contribution is 2.33. The molecule has 0 atom stereocenters. The lowest BCUT2D eigenvalue weighted by molar-refractivity contribution is -0.139. The maximum absolute atomic E-state index is 12.0. The molecule has 29 heavy (non-hydrogen) atoms. The molecule has 0 N–H and O–H groups in total. The Hall–Kier alpha value is -4.00. The van der Waals surface area contributed by atoms with Gasteiger partial charge in [-0.15, -0.1) is 0 Å². The van der Waals surface area contributed by atoms with E-state index < -0.39 is 5.97 Å². The predicted octanol–water partition coefficient (Wildman–Crippen LogP) is 4.57. The third-order valence-corrected chi connectivity index (χ3v) is 4.40. The molecule has 4 aromatic rings.